The van der Waals surface area contributed by atoms with Crippen molar-refractivity contribution in [1.29, 1.82) is 0 Å². The normalized spacial score (nSPS) is 23.7. The largest absolute Gasteiger partial charge is 0.372 e. The molecule has 1 aliphatic rings. The number of aromatic nitrogens is 2. The second-order valence-electron chi connectivity index (χ2n) is 4.71. The van der Waals surface area contributed by atoms with Crippen LogP contribution in [0.25, 0.3) is 0 Å². The van der Waals surface area contributed by atoms with E-state index in [1.165, 1.54) is 0 Å². The Balaban J connectivity index is 0.00000162. The summed E-state index contributed by atoms with van der Waals surface area (Å²) in [7, 11) is 0. The van der Waals surface area contributed by atoms with Crippen LogP contribution in [0.1, 0.15) is 25.1 Å². The molecule has 1 aromatic rings. The number of hydrogen-bond acceptors (Lipinski definition) is 5. The lowest BCUT2D eigenvalue weighted by Gasteiger charge is -2.36. The van der Waals surface area contributed by atoms with Crippen molar-refractivity contribution >= 4 is 18.2 Å². The Morgan fingerprint density at radius 2 is 1.94 bits per heavy atom. The summed E-state index contributed by atoms with van der Waals surface area (Å²) in [5, 5.41) is 8.41. The highest BCUT2D eigenvalue weighted by Crippen LogP contribution is 2.21. The number of aryl methyl sites for hydroxylation is 1. The number of rotatable bonds is 2. The van der Waals surface area contributed by atoms with Gasteiger partial charge in [-0.05, 0) is 32.4 Å². The predicted octanol–water partition coefficient (Wildman–Crippen LogP) is 1.28. The lowest BCUT2D eigenvalue weighted by atomic mass is 10.2. The van der Waals surface area contributed by atoms with Crippen molar-refractivity contribution in [3.05, 3.63) is 17.3 Å². The molecule has 1 saturated heterocycles. The number of nitrogens with two attached hydrogens (primary N) is 1. The molecule has 0 aliphatic carbocycles. The van der Waals surface area contributed by atoms with Crippen LogP contribution < -0.4 is 10.6 Å². The van der Waals surface area contributed by atoms with Gasteiger partial charge in [-0.3, -0.25) is 0 Å². The number of ether oxygens (including phenoxy) is 1. The molecule has 0 aromatic carbocycles. The van der Waals surface area contributed by atoms with Crippen LogP contribution in [0.4, 0.5) is 5.82 Å². The van der Waals surface area contributed by atoms with Crippen molar-refractivity contribution < 1.29 is 4.74 Å². The van der Waals surface area contributed by atoms with Gasteiger partial charge in [-0.1, -0.05) is 0 Å². The first kappa shape index (κ1) is 15.1. The summed E-state index contributed by atoms with van der Waals surface area (Å²) >= 11 is 0. The third-order valence-corrected chi connectivity index (χ3v) is 2.94. The second-order valence-corrected chi connectivity index (χ2v) is 4.71. The molecule has 1 aromatic heterocycles. The van der Waals surface area contributed by atoms with E-state index in [0.717, 1.165) is 30.2 Å². The fraction of sp³-hybridized carbons (Fsp3) is 0.667. The van der Waals surface area contributed by atoms with Gasteiger partial charge in [-0.15, -0.1) is 17.5 Å². The van der Waals surface area contributed by atoms with E-state index < -0.39 is 0 Å². The lowest BCUT2D eigenvalue weighted by molar-refractivity contribution is -0.00553. The molecule has 0 spiro atoms. The first-order chi connectivity index (χ1) is 8.10. The zero-order valence-corrected chi connectivity index (χ0v) is 11.9. The van der Waals surface area contributed by atoms with Gasteiger partial charge in [0.2, 0.25) is 0 Å². The molecule has 0 bridgehead atoms. The van der Waals surface area contributed by atoms with Gasteiger partial charge < -0.3 is 15.4 Å². The third kappa shape index (κ3) is 3.31. The molecule has 2 rings (SSSR count). The fourth-order valence-corrected chi connectivity index (χ4v) is 2.30. The molecule has 5 nitrogen and oxygen atoms in total. The summed E-state index contributed by atoms with van der Waals surface area (Å²) in [6, 6.07) is 2.01. The third-order valence-electron chi connectivity index (χ3n) is 2.94. The highest BCUT2D eigenvalue weighted by Gasteiger charge is 2.24. The smallest absolute Gasteiger partial charge is 0.154 e. The van der Waals surface area contributed by atoms with Gasteiger partial charge in [-0.25, -0.2) is 0 Å². The quantitative estimate of drug-likeness (QED) is 0.879. The number of nitrogens with zero attached hydrogens (tertiary/aromatic N) is 3. The van der Waals surface area contributed by atoms with Gasteiger partial charge >= 0.3 is 0 Å². The van der Waals surface area contributed by atoms with E-state index >= 15 is 0 Å². The second kappa shape index (κ2) is 6.31. The van der Waals surface area contributed by atoms with Crippen molar-refractivity contribution in [3.8, 4) is 0 Å². The molecular formula is C12H21ClN4O. The van der Waals surface area contributed by atoms with Crippen LogP contribution in [0.3, 0.4) is 0 Å². The Morgan fingerprint density at radius 3 is 2.44 bits per heavy atom. The van der Waals surface area contributed by atoms with Crippen molar-refractivity contribution in [3.63, 3.8) is 0 Å². The Kier molecular flexibility index (Phi) is 5.31. The minimum absolute atomic E-state index is 0. The van der Waals surface area contributed by atoms with E-state index in [9.17, 15) is 0 Å². The average molecular weight is 273 g/mol. The van der Waals surface area contributed by atoms with Crippen molar-refractivity contribution in [2.45, 2.75) is 39.5 Å². The SMILES string of the molecule is Cc1cc(CN)nnc1N1C[C@@H](C)O[C@@H](C)C1.Cl. The van der Waals surface area contributed by atoms with Gasteiger partial charge in [0.05, 0.1) is 17.9 Å². The van der Waals surface area contributed by atoms with Gasteiger partial charge in [0.1, 0.15) is 0 Å². The van der Waals surface area contributed by atoms with Crippen LogP contribution >= 0.6 is 12.4 Å². The standard InChI is InChI=1S/C12H20N4O.ClH/c1-8-4-11(5-13)14-15-12(8)16-6-9(2)17-10(3)7-16;/h4,9-10H,5-7,13H2,1-3H3;1H/t9-,10+;. The summed E-state index contributed by atoms with van der Waals surface area (Å²) in [6.45, 7) is 8.38. The molecule has 6 heteroatoms. The molecule has 1 fully saturated rings. The van der Waals surface area contributed by atoms with Crippen molar-refractivity contribution in [1.82, 2.24) is 10.2 Å². The van der Waals surface area contributed by atoms with Crippen molar-refractivity contribution in [2.75, 3.05) is 18.0 Å². The molecule has 0 unspecified atom stereocenters. The van der Waals surface area contributed by atoms with Gasteiger partial charge in [0, 0.05) is 19.6 Å². The zero-order valence-electron chi connectivity index (χ0n) is 11.1. The Hall–Kier alpha value is -0.910. The van der Waals surface area contributed by atoms with E-state index in [-0.39, 0.29) is 24.6 Å². The summed E-state index contributed by atoms with van der Waals surface area (Å²) in [6.07, 6.45) is 0.461. The van der Waals surface area contributed by atoms with Crippen LogP contribution in [0, 0.1) is 6.92 Å². The Morgan fingerprint density at radius 1 is 1.33 bits per heavy atom. The van der Waals surface area contributed by atoms with E-state index in [1.807, 2.05) is 13.0 Å². The maximum Gasteiger partial charge on any atom is 0.154 e. The Bertz CT molecular complexity index is 392. The highest BCUT2D eigenvalue weighted by atomic mass is 35.5. The van der Waals surface area contributed by atoms with Gasteiger partial charge in [0.25, 0.3) is 0 Å². The molecule has 102 valence electrons. The highest BCUT2D eigenvalue weighted by molar-refractivity contribution is 5.85. The van der Waals surface area contributed by atoms with E-state index in [1.54, 1.807) is 0 Å². The maximum absolute atomic E-state index is 5.71. The number of hydrogen-bond donors (Lipinski definition) is 1. The van der Waals surface area contributed by atoms with E-state index in [2.05, 4.69) is 28.9 Å². The van der Waals surface area contributed by atoms with Crippen LogP contribution in [0.2, 0.25) is 0 Å². The van der Waals surface area contributed by atoms with Gasteiger partial charge in [-0.2, -0.15) is 5.10 Å². The molecule has 1 aliphatic heterocycles. The predicted molar refractivity (Wildman–Crippen MR) is 74.1 cm³/mol. The van der Waals surface area contributed by atoms with Crippen LogP contribution in [-0.4, -0.2) is 35.5 Å². The molecule has 0 saturated carbocycles. The minimum Gasteiger partial charge on any atom is -0.372 e. The first-order valence-corrected chi connectivity index (χ1v) is 6.04. The summed E-state index contributed by atoms with van der Waals surface area (Å²) in [4.78, 5) is 2.24. The minimum atomic E-state index is 0. The van der Waals surface area contributed by atoms with Gasteiger partial charge in [0.15, 0.2) is 5.82 Å². The molecule has 0 amide bonds. The molecule has 18 heavy (non-hydrogen) atoms. The summed E-state index contributed by atoms with van der Waals surface area (Å²) in [5.41, 5.74) is 7.52. The first-order valence-electron chi connectivity index (χ1n) is 6.04. The van der Waals surface area contributed by atoms with Crippen molar-refractivity contribution in [2.24, 2.45) is 5.73 Å². The van der Waals surface area contributed by atoms with Crippen LogP contribution in [0.5, 0.6) is 0 Å². The number of anilines is 1. The topological polar surface area (TPSA) is 64.3 Å². The monoisotopic (exact) mass is 272 g/mol. The van der Waals surface area contributed by atoms with E-state index in [4.69, 9.17) is 10.5 Å². The maximum atomic E-state index is 5.71. The summed E-state index contributed by atoms with van der Waals surface area (Å²) < 4.78 is 5.71. The van der Waals surface area contributed by atoms with Crippen LogP contribution in [0.15, 0.2) is 6.07 Å². The molecule has 2 heterocycles. The molecule has 2 N–H and O–H groups in total. The number of halogens is 1. The average Bonchev–Trinajstić information content (AvgIpc) is 2.27. The molecule has 2 atom stereocenters. The summed E-state index contributed by atoms with van der Waals surface area (Å²) in [5.74, 6) is 0.948. The molecular weight excluding hydrogens is 252 g/mol. The fourth-order valence-electron chi connectivity index (χ4n) is 2.30. The Labute approximate surface area is 114 Å². The number of morpholine rings is 1. The molecule has 0 radical (unpaired) electrons. The zero-order chi connectivity index (χ0) is 12.4. The van der Waals surface area contributed by atoms with E-state index in [0.29, 0.717) is 6.54 Å². The van der Waals surface area contributed by atoms with Crippen LogP contribution in [-0.2, 0) is 11.3 Å². The lowest BCUT2D eigenvalue weighted by Crippen LogP contribution is -2.46.